The van der Waals surface area contributed by atoms with Crippen molar-refractivity contribution in [2.75, 3.05) is 5.32 Å². The Morgan fingerprint density at radius 2 is 1.73 bits per heavy atom. The number of aryl methyl sites for hydroxylation is 3. The number of rotatable bonds is 3. The Morgan fingerprint density at radius 1 is 0.885 bits per heavy atom. The number of anilines is 2. The zero-order valence-electron chi connectivity index (χ0n) is 15.4. The predicted molar refractivity (Wildman–Crippen MR) is 112 cm³/mol. The van der Waals surface area contributed by atoms with Gasteiger partial charge in [-0.1, -0.05) is 35.9 Å². The highest BCUT2D eigenvalue weighted by Gasteiger charge is 2.15. The van der Waals surface area contributed by atoms with Crippen LogP contribution in [-0.4, -0.2) is 9.97 Å². The molecule has 0 radical (unpaired) electrons. The van der Waals surface area contributed by atoms with Crippen molar-refractivity contribution in [1.29, 1.82) is 0 Å². The summed E-state index contributed by atoms with van der Waals surface area (Å²) in [7, 11) is 0. The Labute approximate surface area is 157 Å². The molecule has 2 heterocycles. The summed E-state index contributed by atoms with van der Waals surface area (Å²) in [5.74, 6) is 0.861. The molecule has 4 aromatic rings. The Bertz CT molecular complexity index is 1110. The summed E-state index contributed by atoms with van der Waals surface area (Å²) in [6, 6.07) is 12.9. The van der Waals surface area contributed by atoms with Gasteiger partial charge >= 0.3 is 0 Å². The Hall–Kier alpha value is -2.72. The van der Waals surface area contributed by atoms with Crippen molar-refractivity contribution in [3.8, 4) is 11.1 Å². The van der Waals surface area contributed by atoms with Crippen LogP contribution in [0.2, 0.25) is 0 Å². The minimum atomic E-state index is 0.861. The first-order valence-corrected chi connectivity index (χ1v) is 9.55. The fourth-order valence-corrected chi connectivity index (χ4v) is 4.20. The molecular weight excluding hydrogens is 338 g/mol. The van der Waals surface area contributed by atoms with Crippen LogP contribution in [0.4, 0.5) is 11.5 Å². The van der Waals surface area contributed by atoms with Crippen LogP contribution in [0.25, 0.3) is 21.3 Å². The van der Waals surface area contributed by atoms with Crippen LogP contribution < -0.4 is 5.32 Å². The van der Waals surface area contributed by atoms with Gasteiger partial charge in [-0.05, 0) is 56.0 Å². The van der Waals surface area contributed by atoms with E-state index in [4.69, 9.17) is 0 Å². The molecule has 0 saturated heterocycles. The number of hydrogen-bond donors (Lipinski definition) is 1. The molecule has 0 unspecified atom stereocenters. The van der Waals surface area contributed by atoms with Crippen LogP contribution in [0.3, 0.4) is 0 Å². The van der Waals surface area contributed by atoms with E-state index in [-0.39, 0.29) is 0 Å². The number of nitrogens with one attached hydrogen (secondary N) is 1. The van der Waals surface area contributed by atoms with E-state index >= 15 is 0 Å². The number of thiophene rings is 1. The third-order valence-electron chi connectivity index (χ3n) is 4.90. The van der Waals surface area contributed by atoms with E-state index in [2.05, 4.69) is 84.8 Å². The maximum atomic E-state index is 4.56. The first-order valence-electron chi connectivity index (χ1n) is 8.67. The molecule has 0 amide bonds. The van der Waals surface area contributed by atoms with Gasteiger partial charge in [-0.15, -0.1) is 11.3 Å². The van der Waals surface area contributed by atoms with Crippen molar-refractivity contribution >= 4 is 33.1 Å². The molecule has 0 aliphatic carbocycles. The highest BCUT2D eigenvalue weighted by molar-refractivity contribution is 7.17. The number of hydrogen-bond acceptors (Lipinski definition) is 4. The van der Waals surface area contributed by atoms with E-state index in [0.29, 0.717) is 0 Å². The van der Waals surface area contributed by atoms with Gasteiger partial charge in [0.05, 0.1) is 5.39 Å². The number of benzene rings is 2. The largest absolute Gasteiger partial charge is 0.339 e. The van der Waals surface area contributed by atoms with E-state index in [9.17, 15) is 0 Å². The highest BCUT2D eigenvalue weighted by Crippen LogP contribution is 2.39. The molecule has 130 valence electrons. The minimum Gasteiger partial charge on any atom is -0.339 e. The van der Waals surface area contributed by atoms with Crippen LogP contribution in [0, 0.1) is 27.7 Å². The molecule has 0 atom stereocenters. The zero-order chi connectivity index (χ0) is 18.3. The van der Waals surface area contributed by atoms with E-state index < -0.39 is 0 Å². The van der Waals surface area contributed by atoms with Crippen LogP contribution >= 0.6 is 11.3 Å². The van der Waals surface area contributed by atoms with Gasteiger partial charge in [0.15, 0.2) is 0 Å². The molecule has 0 spiro atoms. The molecular formula is C22H21N3S. The van der Waals surface area contributed by atoms with Gasteiger partial charge in [-0.3, -0.25) is 0 Å². The molecule has 4 rings (SSSR count). The topological polar surface area (TPSA) is 37.8 Å². The molecule has 3 nitrogen and oxygen atoms in total. The summed E-state index contributed by atoms with van der Waals surface area (Å²) in [6.07, 6.45) is 1.64. The summed E-state index contributed by atoms with van der Waals surface area (Å²) < 4.78 is 0. The number of nitrogens with zero attached hydrogens (tertiary/aromatic N) is 2. The second-order valence-corrected chi connectivity index (χ2v) is 7.60. The monoisotopic (exact) mass is 359 g/mol. The van der Waals surface area contributed by atoms with E-state index in [1.807, 2.05) is 0 Å². The van der Waals surface area contributed by atoms with Gasteiger partial charge in [-0.2, -0.15) is 0 Å². The molecule has 2 aromatic heterocycles. The van der Waals surface area contributed by atoms with E-state index in [1.54, 1.807) is 17.7 Å². The van der Waals surface area contributed by atoms with Gasteiger partial charge in [0.2, 0.25) is 0 Å². The van der Waals surface area contributed by atoms with Crippen LogP contribution in [0.1, 0.15) is 22.3 Å². The Morgan fingerprint density at radius 3 is 2.54 bits per heavy atom. The van der Waals surface area contributed by atoms with Crippen molar-refractivity contribution in [3.05, 3.63) is 70.4 Å². The van der Waals surface area contributed by atoms with Crippen molar-refractivity contribution < 1.29 is 0 Å². The zero-order valence-corrected chi connectivity index (χ0v) is 16.2. The molecule has 2 aromatic carbocycles. The predicted octanol–water partition coefficient (Wildman–Crippen LogP) is 6.34. The lowest BCUT2D eigenvalue weighted by Gasteiger charge is -2.13. The van der Waals surface area contributed by atoms with E-state index in [0.717, 1.165) is 21.7 Å². The molecule has 0 saturated carbocycles. The van der Waals surface area contributed by atoms with Crippen molar-refractivity contribution in [2.24, 2.45) is 0 Å². The van der Waals surface area contributed by atoms with Crippen molar-refractivity contribution in [2.45, 2.75) is 27.7 Å². The second-order valence-electron chi connectivity index (χ2n) is 6.74. The van der Waals surface area contributed by atoms with Crippen LogP contribution in [0.15, 0.2) is 48.1 Å². The van der Waals surface area contributed by atoms with Crippen molar-refractivity contribution in [3.63, 3.8) is 0 Å². The molecule has 0 fully saturated rings. The second kappa shape index (κ2) is 6.54. The summed E-state index contributed by atoms with van der Waals surface area (Å²) >= 11 is 1.66. The number of aromatic nitrogens is 2. The Balaban J connectivity index is 1.89. The fourth-order valence-electron chi connectivity index (χ4n) is 3.30. The smallest absolute Gasteiger partial charge is 0.143 e. The first-order chi connectivity index (χ1) is 12.5. The van der Waals surface area contributed by atoms with Crippen LogP contribution in [0.5, 0.6) is 0 Å². The van der Waals surface area contributed by atoms with Gasteiger partial charge in [0.25, 0.3) is 0 Å². The molecule has 0 bridgehead atoms. The highest BCUT2D eigenvalue weighted by atomic mass is 32.1. The lowest BCUT2D eigenvalue weighted by molar-refractivity contribution is 1.22. The summed E-state index contributed by atoms with van der Waals surface area (Å²) in [6.45, 7) is 8.54. The summed E-state index contributed by atoms with van der Waals surface area (Å²) in [4.78, 5) is 10.0. The number of fused-ring (bicyclic) bond motifs is 1. The third-order valence-corrected chi connectivity index (χ3v) is 5.79. The van der Waals surface area contributed by atoms with Gasteiger partial charge in [0, 0.05) is 16.6 Å². The third kappa shape index (κ3) is 2.86. The van der Waals surface area contributed by atoms with Crippen molar-refractivity contribution in [1.82, 2.24) is 9.97 Å². The average molecular weight is 359 g/mol. The molecule has 26 heavy (non-hydrogen) atoms. The summed E-state index contributed by atoms with van der Waals surface area (Å²) in [5.41, 5.74) is 8.56. The Kier molecular flexibility index (Phi) is 4.21. The molecule has 0 aliphatic rings. The van der Waals surface area contributed by atoms with Gasteiger partial charge in [-0.25, -0.2) is 9.97 Å². The average Bonchev–Trinajstić information content (AvgIpc) is 3.04. The van der Waals surface area contributed by atoms with Crippen LogP contribution in [-0.2, 0) is 0 Å². The molecule has 4 heteroatoms. The lowest BCUT2D eigenvalue weighted by Crippen LogP contribution is -1.98. The van der Waals surface area contributed by atoms with Gasteiger partial charge in [0.1, 0.15) is 17.0 Å². The molecule has 0 aliphatic heterocycles. The fraction of sp³-hybridized carbons (Fsp3) is 0.182. The normalized spacial score (nSPS) is 11.1. The summed E-state index contributed by atoms with van der Waals surface area (Å²) in [5, 5.41) is 6.81. The SMILES string of the molecule is Cc1ccc(-c2csc3ncnc(Nc4cccc(C)c4C)c23)c(C)c1. The lowest BCUT2D eigenvalue weighted by atomic mass is 9.99. The maximum Gasteiger partial charge on any atom is 0.143 e. The quantitative estimate of drug-likeness (QED) is 0.464. The van der Waals surface area contributed by atoms with Gasteiger partial charge < -0.3 is 5.32 Å². The van der Waals surface area contributed by atoms with E-state index in [1.165, 1.54) is 33.4 Å². The standard InChI is InChI=1S/C22H21N3S/c1-13-8-9-17(15(3)10-13)18-11-26-22-20(18)21(23-12-24-22)25-19-7-5-6-14(2)16(19)4/h5-12H,1-4H3,(H,23,24,25). The molecule has 1 N–H and O–H groups in total. The maximum absolute atomic E-state index is 4.56. The first kappa shape index (κ1) is 16.7. The minimum absolute atomic E-state index is 0.861.